The highest BCUT2D eigenvalue weighted by Gasteiger charge is 2.54. The number of aromatic amines is 1. The quantitative estimate of drug-likeness (QED) is 0.175. The number of H-pyrrole nitrogens is 1. The lowest BCUT2D eigenvalue weighted by Crippen LogP contribution is -2.67. The fourth-order valence-electron chi connectivity index (χ4n) is 4.44. The largest absolute Gasteiger partial charge is 0.456 e. The van der Waals surface area contributed by atoms with Gasteiger partial charge in [0.2, 0.25) is 0 Å². The predicted molar refractivity (Wildman–Crippen MR) is 115 cm³/mol. The molecule has 1 saturated carbocycles. The van der Waals surface area contributed by atoms with Gasteiger partial charge in [0.05, 0.1) is 13.0 Å². The Balaban J connectivity index is 1.48. The number of hydrogen-bond acceptors (Lipinski definition) is 12. The summed E-state index contributed by atoms with van der Waals surface area (Å²) in [7, 11) is 0. The van der Waals surface area contributed by atoms with Crippen molar-refractivity contribution in [2.45, 2.75) is 73.8 Å². The molecular formula is C22H29NO12. The van der Waals surface area contributed by atoms with Crippen LogP contribution in [0.4, 0.5) is 0 Å². The summed E-state index contributed by atoms with van der Waals surface area (Å²) >= 11 is 0. The standard InChI is InChI=1S/C22H29NO12/c24-7-11-13(26)14(27)18(31)22(33-11)35-21-17(30)15(28)16(29)20(19(21)32)34-12(25)5-8-6-23-10-4-2-1-3-9(8)10/h1-4,6,11,13-24,26-32H,5,7H2/t11-,13+,14+,15-,16+,17+,18-,19-,20+,21-,22?/m1/s1. The molecule has 35 heavy (non-hydrogen) atoms. The molecule has 13 nitrogen and oxygen atoms in total. The fourth-order valence-corrected chi connectivity index (χ4v) is 4.44. The van der Waals surface area contributed by atoms with Gasteiger partial charge >= 0.3 is 5.97 Å². The molecule has 1 aromatic carbocycles. The summed E-state index contributed by atoms with van der Waals surface area (Å²) in [6, 6.07) is 7.22. The Kier molecular flexibility index (Phi) is 7.73. The molecule has 0 spiro atoms. The number of carbonyl (C=O) groups excluding carboxylic acids is 1. The van der Waals surface area contributed by atoms with E-state index in [1.165, 1.54) is 0 Å². The van der Waals surface area contributed by atoms with Gasteiger partial charge in [-0.3, -0.25) is 4.79 Å². The zero-order chi connectivity index (χ0) is 25.4. The summed E-state index contributed by atoms with van der Waals surface area (Å²) in [4.78, 5) is 15.6. The Morgan fingerprint density at radius 3 is 2.23 bits per heavy atom. The minimum atomic E-state index is -1.92. The first-order chi connectivity index (χ1) is 16.6. The number of carbonyl (C=O) groups is 1. The van der Waals surface area contributed by atoms with E-state index in [9.17, 15) is 45.6 Å². The average molecular weight is 499 g/mol. The van der Waals surface area contributed by atoms with Gasteiger partial charge in [-0.25, -0.2) is 0 Å². The zero-order valence-corrected chi connectivity index (χ0v) is 18.4. The third-order valence-electron chi connectivity index (χ3n) is 6.46. The topological polar surface area (TPSA) is 222 Å². The number of aliphatic hydroxyl groups is 8. The number of nitrogens with one attached hydrogen (secondary N) is 1. The van der Waals surface area contributed by atoms with Gasteiger partial charge in [-0.1, -0.05) is 18.2 Å². The van der Waals surface area contributed by atoms with Gasteiger partial charge in [0.1, 0.15) is 54.9 Å². The van der Waals surface area contributed by atoms with Gasteiger partial charge in [0, 0.05) is 17.1 Å². The number of ether oxygens (including phenoxy) is 3. The number of aliphatic hydroxyl groups excluding tert-OH is 8. The second-order valence-electron chi connectivity index (χ2n) is 8.75. The van der Waals surface area contributed by atoms with Crippen LogP contribution in [-0.4, -0.2) is 126 Å². The summed E-state index contributed by atoms with van der Waals surface area (Å²) in [6.07, 6.45) is -18.0. The minimum Gasteiger partial charge on any atom is -0.456 e. The Morgan fingerprint density at radius 2 is 1.51 bits per heavy atom. The van der Waals surface area contributed by atoms with E-state index in [0.717, 1.165) is 10.9 Å². The lowest BCUT2D eigenvalue weighted by atomic mass is 9.84. The van der Waals surface area contributed by atoms with Gasteiger partial charge < -0.3 is 60.0 Å². The Labute approximate surface area is 198 Å². The molecular weight excluding hydrogens is 470 g/mol. The van der Waals surface area contributed by atoms with Crippen LogP contribution in [0.1, 0.15) is 5.56 Å². The van der Waals surface area contributed by atoms with Crippen LogP contribution in [0, 0.1) is 0 Å². The molecule has 2 aliphatic rings. The van der Waals surface area contributed by atoms with Crippen molar-refractivity contribution in [2.75, 3.05) is 6.61 Å². The van der Waals surface area contributed by atoms with Crippen molar-refractivity contribution < 1.29 is 59.9 Å². The third kappa shape index (κ3) is 4.93. The molecule has 0 amide bonds. The van der Waals surface area contributed by atoms with Crippen LogP contribution in [0.15, 0.2) is 30.5 Å². The van der Waals surface area contributed by atoms with Crippen LogP contribution in [0.5, 0.6) is 0 Å². The first kappa shape index (κ1) is 25.9. The molecule has 2 fully saturated rings. The van der Waals surface area contributed by atoms with Gasteiger partial charge in [0.25, 0.3) is 0 Å². The number of esters is 1. The summed E-state index contributed by atoms with van der Waals surface area (Å²) in [5, 5.41) is 81.9. The highest BCUT2D eigenvalue weighted by molar-refractivity contribution is 5.87. The molecule has 1 aliphatic carbocycles. The average Bonchev–Trinajstić information content (AvgIpc) is 3.25. The monoisotopic (exact) mass is 499 g/mol. The molecule has 1 aliphatic heterocycles. The van der Waals surface area contributed by atoms with E-state index in [1.807, 2.05) is 12.1 Å². The van der Waals surface area contributed by atoms with Crippen LogP contribution in [0.3, 0.4) is 0 Å². The lowest BCUT2D eigenvalue weighted by Gasteiger charge is -2.46. The van der Waals surface area contributed by atoms with Crippen LogP contribution >= 0.6 is 0 Å². The summed E-state index contributed by atoms with van der Waals surface area (Å²) in [5.74, 6) is -0.840. The molecule has 11 atom stereocenters. The van der Waals surface area contributed by atoms with Crippen molar-refractivity contribution in [3.63, 3.8) is 0 Å². The Hall–Kier alpha value is -2.17. The summed E-state index contributed by atoms with van der Waals surface area (Å²) < 4.78 is 15.8. The normalized spacial score (nSPS) is 40.1. The highest BCUT2D eigenvalue weighted by atomic mass is 16.7. The van der Waals surface area contributed by atoms with E-state index in [2.05, 4.69) is 4.98 Å². The molecule has 2 heterocycles. The van der Waals surface area contributed by atoms with Crippen molar-refractivity contribution >= 4 is 16.9 Å². The van der Waals surface area contributed by atoms with Crippen LogP contribution in [-0.2, 0) is 25.4 Å². The van der Waals surface area contributed by atoms with Crippen LogP contribution in [0.2, 0.25) is 0 Å². The molecule has 1 unspecified atom stereocenters. The Bertz CT molecular complexity index is 1010. The molecule has 0 bridgehead atoms. The maximum absolute atomic E-state index is 12.6. The van der Waals surface area contributed by atoms with Crippen molar-refractivity contribution in [3.8, 4) is 0 Å². The number of rotatable bonds is 6. The maximum atomic E-state index is 12.6. The highest BCUT2D eigenvalue weighted by Crippen LogP contribution is 2.31. The van der Waals surface area contributed by atoms with E-state index in [4.69, 9.17) is 14.2 Å². The van der Waals surface area contributed by atoms with Crippen molar-refractivity contribution in [2.24, 2.45) is 0 Å². The van der Waals surface area contributed by atoms with E-state index >= 15 is 0 Å². The van der Waals surface area contributed by atoms with Crippen molar-refractivity contribution in [3.05, 3.63) is 36.0 Å². The summed E-state index contributed by atoms with van der Waals surface area (Å²) in [5.41, 5.74) is 1.39. The van der Waals surface area contributed by atoms with E-state index in [0.29, 0.717) is 5.56 Å². The van der Waals surface area contributed by atoms with Crippen LogP contribution < -0.4 is 0 Å². The molecule has 13 heteroatoms. The third-order valence-corrected chi connectivity index (χ3v) is 6.46. The second kappa shape index (κ2) is 10.4. The summed E-state index contributed by atoms with van der Waals surface area (Å²) in [6.45, 7) is -0.740. The smallest absolute Gasteiger partial charge is 0.310 e. The van der Waals surface area contributed by atoms with Crippen molar-refractivity contribution in [1.29, 1.82) is 0 Å². The number of fused-ring (bicyclic) bond motifs is 1. The molecule has 194 valence electrons. The Morgan fingerprint density at radius 1 is 0.857 bits per heavy atom. The van der Waals surface area contributed by atoms with Gasteiger partial charge in [-0.2, -0.15) is 0 Å². The van der Waals surface area contributed by atoms with E-state index in [-0.39, 0.29) is 6.42 Å². The second-order valence-corrected chi connectivity index (χ2v) is 8.75. The predicted octanol–water partition coefficient (Wildman–Crippen LogP) is -3.74. The van der Waals surface area contributed by atoms with E-state index < -0.39 is 79.9 Å². The molecule has 2 aromatic rings. The molecule has 1 saturated heterocycles. The van der Waals surface area contributed by atoms with E-state index in [1.54, 1.807) is 18.3 Å². The minimum absolute atomic E-state index is 0.225. The fraction of sp³-hybridized carbons (Fsp3) is 0.591. The molecule has 0 radical (unpaired) electrons. The number of benzene rings is 1. The lowest BCUT2D eigenvalue weighted by molar-refractivity contribution is -0.339. The number of hydrogen-bond donors (Lipinski definition) is 9. The number of para-hydroxylation sites is 1. The first-order valence-electron chi connectivity index (χ1n) is 11.1. The van der Waals surface area contributed by atoms with Gasteiger partial charge in [-0.05, 0) is 11.6 Å². The molecule has 9 N–H and O–H groups in total. The first-order valence-corrected chi connectivity index (χ1v) is 11.1. The van der Waals surface area contributed by atoms with Crippen molar-refractivity contribution in [1.82, 2.24) is 4.98 Å². The maximum Gasteiger partial charge on any atom is 0.310 e. The van der Waals surface area contributed by atoms with Gasteiger partial charge in [0.15, 0.2) is 12.4 Å². The SMILES string of the molecule is O=C(Cc1c[nH]c2ccccc12)O[C@@H]1[C@@H](O)[C@H](OC2O[C@H](CO)[C@H](O)[C@H](O)[C@H]2O)[C@@H](O)[C@H](O)[C@@H]1O. The van der Waals surface area contributed by atoms with Crippen LogP contribution in [0.25, 0.3) is 10.9 Å². The van der Waals surface area contributed by atoms with Gasteiger partial charge in [-0.15, -0.1) is 0 Å². The number of aromatic nitrogens is 1. The molecule has 1 aromatic heterocycles. The zero-order valence-electron chi connectivity index (χ0n) is 18.4. The molecule has 4 rings (SSSR count).